The van der Waals surface area contributed by atoms with Crippen molar-refractivity contribution in [2.45, 2.75) is 9.79 Å². The predicted octanol–water partition coefficient (Wildman–Crippen LogP) is 3.74. The number of sulfone groups is 1. The van der Waals surface area contributed by atoms with Gasteiger partial charge in [-0.2, -0.15) is 0 Å². The fraction of sp³-hybridized carbons (Fsp3) is 0.0500. The zero-order chi connectivity index (χ0) is 17.6. The van der Waals surface area contributed by atoms with Gasteiger partial charge >= 0.3 is 0 Å². The summed E-state index contributed by atoms with van der Waals surface area (Å²) in [5, 5.41) is 0. The van der Waals surface area contributed by atoms with Crippen molar-refractivity contribution in [3.63, 3.8) is 0 Å². The van der Waals surface area contributed by atoms with Crippen molar-refractivity contribution >= 4 is 15.6 Å². The van der Waals surface area contributed by atoms with Gasteiger partial charge in [0.1, 0.15) is 5.75 Å². The number of fused-ring (bicyclic) bond motifs is 2. The fourth-order valence-electron chi connectivity index (χ4n) is 3.05. The minimum absolute atomic E-state index is 0.0597. The van der Waals surface area contributed by atoms with E-state index < -0.39 is 9.84 Å². The Morgan fingerprint density at radius 3 is 2.12 bits per heavy atom. The number of rotatable bonds is 2. The van der Waals surface area contributed by atoms with Crippen LogP contribution in [0.25, 0.3) is 11.1 Å². The van der Waals surface area contributed by atoms with E-state index in [1.807, 2.05) is 24.3 Å². The Morgan fingerprint density at radius 2 is 1.40 bits per heavy atom. The molecule has 0 unspecified atom stereocenters. The van der Waals surface area contributed by atoms with E-state index >= 15 is 0 Å². The molecule has 0 saturated heterocycles. The van der Waals surface area contributed by atoms with Crippen molar-refractivity contribution in [2.75, 3.05) is 7.11 Å². The van der Waals surface area contributed by atoms with E-state index in [1.165, 1.54) is 6.07 Å². The molecule has 3 aromatic carbocycles. The molecule has 4 nitrogen and oxygen atoms in total. The quantitative estimate of drug-likeness (QED) is 0.552. The van der Waals surface area contributed by atoms with Crippen LogP contribution in [0.5, 0.6) is 5.75 Å². The molecule has 5 heteroatoms. The van der Waals surface area contributed by atoms with Crippen molar-refractivity contribution in [1.29, 1.82) is 0 Å². The third kappa shape index (κ3) is 2.36. The highest BCUT2D eigenvalue weighted by Gasteiger charge is 2.34. The lowest BCUT2D eigenvalue weighted by Gasteiger charge is -2.19. The van der Waals surface area contributed by atoms with Gasteiger partial charge in [-0.3, -0.25) is 4.79 Å². The second-order valence-electron chi connectivity index (χ2n) is 5.77. The molecule has 1 aliphatic heterocycles. The average Bonchev–Trinajstić information content (AvgIpc) is 2.66. The van der Waals surface area contributed by atoms with E-state index in [-0.39, 0.29) is 26.7 Å². The fourth-order valence-corrected chi connectivity index (χ4v) is 4.72. The maximum absolute atomic E-state index is 13.0. The Morgan fingerprint density at radius 1 is 0.760 bits per heavy atom. The van der Waals surface area contributed by atoms with Crippen LogP contribution in [0.4, 0.5) is 0 Å². The zero-order valence-corrected chi connectivity index (χ0v) is 14.2. The summed E-state index contributed by atoms with van der Waals surface area (Å²) in [6.07, 6.45) is 0. The first-order chi connectivity index (χ1) is 12.0. The number of benzene rings is 3. The summed E-state index contributed by atoms with van der Waals surface area (Å²) in [4.78, 5) is 12.8. The lowest BCUT2D eigenvalue weighted by molar-refractivity contribution is 0.103. The van der Waals surface area contributed by atoms with Gasteiger partial charge in [-0.15, -0.1) is 0 Å². The average molecular weight is 350 g/mol. The van der Waals surface area contributed by atoms with Crippen molar-refractivity contribution in [3.8, 4) is 16.9 Å². The van der Waals surface area contributed by atoms with Gasteiger partial charge in [0.25, 0.3) is 0 Å². The molecule has 0 atom stereocenters. The molecule has 1 heterocycles. The highest BCUT2D eigenvalue weighted by molar-refractivity contribution is 7.91. The predicted molar refractivity (Wildman–Crippen MR) is 93.8 cm³/mol. The van der Waals surface area contributed by atoms with E-state index in [0.29, 0.717) is 0 Å². The molecule has 0 fully saturated rings. The van der Waals surface area contributed by atoms with E-state index in [4.69, 9.17) is 4.74 Å². The topological polar surface area (TPSA) is 60.4 Å². The van der Waals surface area contributed by atoms with Gasteiger partial charge in [-0.25, -0.2) is 8.42 Å². The molecule has 1 aliphatic rings. The van der Waals surface area contributed by atoms with E-state index in [9.17, 15) is 13.2 Å². The summed E-state index contributed by atoms with van der Waals surface area (Å²) in [6.45, 7) is 0. The second-order valence-corrected chi connectivity index (χ2v) is 7.65. The number of carbonyl (C=O) groups is 1. The molecule has 0 spiro atoms. The summed E-state index contributed by atoms with van der Waals surface area (Å²) in [5.74, 6) is 0.458. The van der Waals surface area contributed by atoms with Crippen LogP contribution in [0.3, 0.4) is 0 Å². The molecular weight excluding hydrogens is 336 g/mol. The molecule has 0 amide bonds. The lowest BCUT2D eigenvalue weighted by atomic mass is 9.98. The molecule has 0 saturated carbocycles. The maximum Gasteiger partial charge on any atom is 0.208 e. The normalized spacial score (nSPS) is 14.5. The smallest absolute Gasteiger partial charge is 0.208 e. The SMILES string of the molecule is COc1ccc(-c2ccc3c(c2)S(=O)(=O)c2ccccc2C3=O)cc1. The van der Waals surface area contributed by atoms with Gasteiger partial charge in [0, 0.05) is 11.1 Å². The molecule has 0 aromatic heterocycles. The standard InChI is InChI=1S/C20H14O4S/c1-24-15-9-6-13(7-10-15)14-8-11-17-19(12-14)25(22,23)18-5-3-2-4-16(18)20(17)21/h2-12H,1H3. The van der Waals surface area contributed by atoms with Crippen molar-refractivity contribution in [2.24, 2.45) is 0 Å². The highest BCUT2D eigenvalue weighted by Crippen LogP contribution is 2.36. The van der Waals surface area contributed by atoms with Crippen LogP contribution in [-0.2, 0) is 9.84 Å². The van der Waals surface area contributed by atoms with E-state index in [0.717, 1.165) is 16.9 Å². The van der Waals surface area contributed by atoms with Crippen LogP contribution in [0, 0.1) is 0 Å². The van der Waals surface area contributed by atoms with E-state index in [1.54, 1.807) is 43.5 Å². The number of hydrogen-bond donors (Lipinski definition) is 0. The number of ether oxygens (including phenoxy) is 1. The first kappa shape index (κ1) is 15.6. The summed E-state index contributed by atoms with van der Waals surface area (Å²) in [7, 11) is -2.14. The van der Waals surface area contributed by atoms with Crippen LogP contribution < -0.4 is 4.74 Å². The van der Waals surface area contributed by atoms with Crippen LogP contribution in [0.1, 0.15) is 15.9 Å². The summed E-state index contributed by atoms with van der Waals surface area (Å²) in [5.41, 5.74) is 2.03. The molecule has 4 rings (SSSR count). The molecule has 0 radical (unpaired) electrons. The van der Waals surface area contributed by atoms with Crippen molar-refractivity contribution in [3.05, 3.63) is 77.9 Å². The van der Waals surface area contributed by atoms with Gasteiger partial charge in [0.05, 0.1) is 16.9 Å². The third-order valence-electron chi connectivity index (χ3n) is 4.36. The minimum Gasteiger partial charge on any atom is -0.497 e. The number of hydrogen-bond acceptors (Lipinski definition) is 4. The number of methoxy groups -OCH3 is 1. The van der Waals surface area contributed by atoms with Gasteiger partial charge < -0.3 is 4.74 Å². The van der Waals surface area contributed by atoms with Crippen LogP contribution in [0.15, 0.2) is 76.5 Å². The van der Waals surface area contributed by atoms with Crippen LogP contribution in [-0.4, -0.2) is 21.3 Å². The van der Waals surface area contributed by atoms with Gasteiger partial charge in [0.2, 0.25) is 9.84 Å². The molecule has 3 aromatic rings. The summed E-state index contributed by atoms with van der Waals surface area (Å²) < 4.78 is 31.0. The monoisotopic (exact) mass is 350 g/mol. The van der Waals surface area contributed by atoms with Gasteiger partial charge in [-0.1, -0.05) is 30.3 Å². The van der Waals surface area contributed by atoms with Gasteiger partial charge in [-0.05, 0) is 47.5 Å². The largest absolute Gasteiger partial charge is 0.497 e. The Hall–Kier alpha value is -2.92. The molecule has 25 heavy (non-hydrogen) atoms. The second kappa shape index (κ2) is 5.57. The first-order valence-corrected chi connectivity index (χ1v) is 9.18. The van der Waals surface area contributed by atoms with Crippen molar-refractivity contribution < 1.29 is 17.9 Å². The molecule has 0 N–H and O–H groups in total. The molecular formula is C20H14O4S. The Bertz CT molecular complexity index is 1100. The van der Waals surface area contributed by atoms with Crippen molar-refractivity contribution in [1.82, 2.24) is 0 Å². The van der Waals surface area contributed by atoms with E-state index in [2.05, 4.69) is 0 Å². The van der Waals surface area contributed by atoms with Crippen LogP contribution >= 0.6 is 0 Å². The van der Waals surface area contributed by atoms with Crippen LogP contribution in [0.2, 0.25) is 0 Å². The Kier molecular flexibility index (Phi) is 3.47. The first-order valence-electron chi connectivity index (χ1n) is 7.69. The molecule has 0 aliphatic carbocycles. The Labute approximate surface area is 145 Å². The minimum atomic E-state index is -3.72. The Balaban J connectivity index is 1.90. The third-order valence-corrected chi connectivity index (χ3v) is 6.21. The lowest BCUT2D eigenvalue weighted by Crippen LogP contribution is -2.20. The highest BCUT2D eigenvalue weighted by atomic mass is 32.2. The zero-order valence-electron chi connectivity index (χ0n) is 13.4. The molecule has 124 valence electrons. The summed E-state index contributed by atoms with van der Waals surface area (Å²) in [6, 6.07) is 18.6. The van der Waals surface area contributed by atoms with Gasteiger partial charge in [0.15, 0.2) is 5.78 Å². The number of ketones is 1. The summed E-state index contributed by atoms with van der Waals surface area (Å²) >= 11 is 0. The number of carbonyl (C=O) groups excluding carboxylic acids is 1. The molecule has 0 bridgehead atoms. The maximum atomic E-state index is 13.0.